The molecular formula is C13H16N2OS. The molecular weight excluding hydrogens is 232 g/mol. The Morgan fingerprint density at radius 2 is 2.24 bits per heavy atom. The Kier molecular flexibility index (Phi) is 4.53. The van der Waals surface area contributed by atoms with Crippen LogP contribution in [-0.4, -0.2) is 18.7 Å². The molecule has 0 radical (unpaired) electrons. The van der Waals surface area contributed by atoms with Crippen molar-refractivity contribution < 1.29 is 4.74 Å². The summed E-state index contributed by atoms with van der Waals surface area (Å²) < 4.78 is 5.11. The number of methoxy groups -OCH3 is 1. The van der Waals surface area contributed by atoms with E-state index >= 15 is 0 Å². The fraction of sp³-hybridized carbons (Fsp3) is 0.308. The second-order valence-electron chi connectivity index (χ2n) is 3.73. The van der Waals surface area contributed by atoms with Gasteiger partial charge in [0.2, 0.25) is 0 Å². The lowest BCUT2D eigenvalue weighted by Gasteiger charge is -2.10. The molecule has 0 unspecified atom stereocenters. The average molecular weight is 248 g/mol. The van der Waals surface area contributed by atoms with Crippen molar-refractivity contribution in [1.29, 1.82) is 0 Å². The lowest BCUT2D eigenvalue weighted by molar-refractivity contribution is 0.202. The molecule has 0 aliphatic heterocycles. The molecule has 0 amide bonds. The number of hydrogen-bond acceptors (Lipinski definition) is 4. The first-order valence-electron chi connectivity index (χ1n) is 5.58. The van der Waals surface area contributed by atoms with Crippen LogP contribution in [0.5, 0.6) is 0 Å². The van der Waals surface area contributed by atoms with Crippen molar-refractivity contribution in [1.82, 2.24) is 4.98 Å². The first-order valence-corrected chi connectivity index (χ1v) is 6.52. The van der Waals surface area contributed by atoms with Gasteiger partial charge in [-0.1, -0.05) is 18.2 Å². The van der Waals surface area contributed by atoms with E-state index in [4.69, 9.17) is 4.74 Å². The SMILES string of the molecule is COCCc1ccccc1NCc1cscn1. The highest BCUT2D eigenvalue weighted by molar-refractivity contribution is 7.07. The summed E-state index contributed by atoms with van der Waals surface area (Å²) in [5, 5.41) is 5.47. The lowest BCUT2D eigenvalue weighted by Crippen LogP contribution is -2.04. The normalized spacial score (nSPS) is 10.4. The largest absolute Gasteiger partial charge is 0.384 e. The molecule has 1 aromatic heterocycles. The maximum atomic E-state index is 5.11. The van der Waals surface area contributed by atoms with Gasteiger partial charge < -0.3 is 10.1 Å². The van der Waals surface area contributed by atoms with Crippen LogP contribution in [0.1, 0.15) is 11.3 Å². The Labute approximate surface area is 105 Å². The first kappa shape index (κ1) is 12.1. The van der Waals surface area contributed by atoms with E-state index in [9.17, 15) is 0 Å². The molecule has 90 valence electrons. The van der Waals surface area contributed by atoms with Crippen LogP contribution in [0.3, 0.4) is 0 Å². The van der Waals surface area contributed by atoms with Gasteiger partial charge in [0.15, 0.2) is 0 Å². The van der Waals surface area contributed by atoms with Gasteiger partial charge in [0.1, 0.15) is 0 Å². The molecule has 0 aliphatic rings. The molecule has 0 fully saturated rings. The maximum absolute atomic E-state index is 5.11. The summed E-state index contributed by atoms with van der Waals surface area (Å²) in [5.74, 6) is 0. The predicted octanol–water partition coefficient (Wildman–Crippen LogP) is 2.94. The summed E-state index contributed by atoms with van der Waals surface area (Å²) in [6.07, 6.45) is 0.927. The third-order valence-corrected chi connectivity index (χ3v) is 3.17. The van der Waals surface area contributed by atoms with E-state index in [2.05, 4.69) is 33.9 Å². The van der Waals surface area contributed by atoms with Crippen molar-refractivity contribution in [2.75, 3.05) is 19.0 Å². The van der Waals surface area contributed by atoms with Gasteiger partial charge in [0.25, 0.3) is 0 Å². The molecule has 2 aromatic rings. The molecule has 1 N–H and O–H groups in total. The van der Waals surface area contributed by atoms with E-state index in [0.29, 0.717) is 0 Å². The van der Waals surface area contributed by atoms with Crippen LogP contribution in [-0.2, 0) is 17.7 Å². The van der Waals surface area contributed by atoms with Crippen molar-refractivity contribution in [3.05, 3.63) is 46.4 Å². The van der Waals surface area contributed by atoms with Crippen molar-refractivity contribution in [2.24, 2.45) is 0 Å². The van der Waals surface area contributed by atoms with Gasteiger partial charge >= 0.3 is 0 Å². The summed E-state index contributed by atoms with van der Waals surface area (Å²) in [4.78, 5) is 4.25. The number of aromatic nitrogens is 1. The van der Waals surface area contributed by atoms with E-state index in [1.54, 1.807) is 18.4 Å². The summed E-state index contributed by atoms with van der Waals surface area (Å²) >= 11 is 1.62. The zero-order valence-corrected chi connectivity index (χ0v) is 10.7. The average Bonchev–Trinajstić information content (AvgIpc) is 2.88. The monoisotopic (exact) mass is 248 g/mol. The van der Waals surface area contributed by atoms with Gasteiger partial charge in [-0.15, -0.1) is 11.3 Å². The molecule has 0 atom stereocenters. The van der Waals surface area contributed by atoms with Gasteiger partial charge in [-0.2, -0.15) is 0 Å². The predicted molar refractivity (Wildman–Crippen MR) is 71.5 cm³/mol. The Morgan fingerprint density at radius 3 is 3.00 bits per heavy atom. The standard InChI is InChI=1S/C13H16N2OS/c1-16-7-6-11-4-2-3-5-13(11)14-8-12-9-17-10-15-12/h2-5,9-10,14H,6-8H2,1H3. The molecule has 1 heterocycles. The first-order chi connectivity index (χ1) is 8.40. The third kappa shape index (κ3) is 3.54. The number of nitrogens with one attached hydrogen (secondary N) is 1. The molecule has 0 saturated carbocycles. The van der Waals surface area contributed by atoms with Crippen LogP contribution >= 0.6 is 11.3 Å². The summed E-state index contributed by atoms with van der Waals surface area (Å²) in [5.41, 5.74) is 5.38. The van der Waals surface area contributed by atoms with Gasteiger partial charge in [-0.25, -0.2) is 4.98 Å². The maximum Gasteiger partial charge on any atom is 0.0795 e. The van der Waals surface area contributed by atoms with E-state index in [1.807, 2.05) is 11.6 Å². The molecule has 0 aliphatic carbocycles. The minimum Gasteiger partial charge on any atom is -0.384 e. The number of anilines is 1. The van der Waals surface area contributed by atoms with Gasteiger partial charge in [-0.05, 0) is 18.1 Å². The Morgan fingerprint density at radius 1 is 1.35 bits per heavy atom. The van der Waals surface area contributed by atoms with Crippen LogP contribution in [0.4, 0.5) is 5.69 Å². The highest BCUT2D eigenvalue weighted by Gasteiger charge is 2.01. The second-order valence-corrected chi connectivity index (χ2v) is 4.45. The van der Waals surface area contributed by atoms with Crippen LogP contribution < -0.4 is 5.32 Å². The fourth-order valence-electron chi connectivity index (χ4n) is 1.63. The number of para-hydroxylation sites is 1. The third-order valence-electron chi connectivity index (χ3n) is 2.54. The van der Waals surface area contributed by atoms with Crippen LogP contribution in [0.25, 0.3) is 0 Å². The van der Waals surface area contributed by atoms with Crippen molar-refractivity contribution in [2.45, 2.75) is 13.0 Å². The van der Waals surface area contributed by atoms with Crippen LogP contribution in [0.15, 0.2) is 35.2 Å². The molecule has 2 rings (SSSR count). The highest BCUT2D eigenvalue weighted by Crippen LogP contribution is 2.16. The van der Waals surface area contributed by atoms with Crippen LogP contribution in [0, 0.1) is 0 Å². The van der Waals surface area contributed by atoms with Gasteiger partial charge in [0.05, 0.1) is 24.4 Å². The Hall–Kier alpha value is -1.39. The van der Waals surface area contributed by atoms with E-state index in [1.165, 1.54) is 5.56 Å². The zero-order valence-electron chi connectivity index (χ0n) is 9.85. The lowest BCUT2D eigenvalue weighted by atomic mass is 10.1. The molecule has 0 saturated heterocycles. The minimum atomic E-state index is 0.745. The zero-order chi connectivity index (χ0) is 11.9. The summed E-state index contributed by atoms with van der Waals surface area (Å²) in [7, 11) is 1.73. The van der Waals surface area contributed by atoms with Gasteiger partial charge in [0, 0.05) is 18.2 Å². The number of nitrogens with zero attached hydrogens (tertiary/aromatic N) is 1. The molecule has 17 heavy (non-hydrogen) atoms. The molecule has 0 spiro atoms. The van der Waals surface area contributed by atoms with Crippen LogP contribution in [0.2, 0.25) is 0 Å². The number of ether oxygens (including phenoxy) is 1. The minimum absolute atomic E-state index is 0.745. The van der Waals surface area contributed by atoms with Crippen molar-refractivity contribution >= 4 is 17.0 Å². The second kappa shape index (κ2) is 6.37. The number of hydrogen-bond donors (Lipinski definition) is 1. The van der Waals surface area contributed by atoms with E-state index < -0.39 is 0 Å². The highest BCUT2D eigenvalue weighted by atomic mass is 32.1. The Bertz CT molecular complexity index is 442. The number of rotatable bonds is 6. The molecule has 0 bridgehead atoms. The molecule has 1 aromatic carbocycles. The topological polar surface area (TPSA) is 34.1 Å². The molecule has 4 heteroatoms. The Balaban J connectivity index is 1.99. The van der Waals surface area contributed by atoms with Crippen molar-refractivity contribution in [3.8, 4) is 0 Å². The van der Waals surface area contributed by atoms with E-state index in [-0.39, 0.29) is 0 Å². The molecule has 3 nitrogen and oxygen atoms in total. The summed E-state index contributed by atoms with van der Waals surface area (Å²) in [6.45, 7) is 1.52. The number of benzene rings is 1. The fourth-order valence-corrected chi connectivity index (χ4v) is 2.19. The quantitative estimate of drug-likeness (QED) is 0.853. The van der Waals surface area contributed by atoms with Gasteiger partial charge in [-0.3, -0.25) is 0 Å². The van der Waals surface area contributed by atoms with E-state index in [0.717, 1.165) is 31.0 Å². The number of thiazole rings is 1. The summed E-state index contributed by atoms with van der Waals surface area (Å²) in [6, 6.07) is 8.32. The van der Waals surface area contributed by atoms with Crippen molar-refractivity contribution in [3.63, 3.8) is 0 Å². The smallest absolute Gasteiger partial charge is 0.0795 e.